The topological polar surface area (TPSA) is 101 Å². The number of ether oxygens (including phenoxy) is 1. The van der Waals surface area contributed by atoms with E-state index < -0.39 is 39.7 Å². The predicted octanol–water partition coefficient (Wildman–Crippen LogP) is 2.83. The molecular formula is C22H42N3O4PSi. The van der Waals surface area contributed by atoms with Crippen molar-refractivity contribution in [3.8, 4) is 0 Å². The number of nitrogens with zero attached hydrogens (tertiary/aromatic N) is 2. The molecule has 0 aromatic rings. The van der Waals surface area contributed by atoms with Gasteiger partial charge in [0, 0.05) is 11.8 Å². The average Bonchev–Trinajstić information content (AvgIpc) is 2.87. The van der Waals surface area contributed by atoms with E-state index in [4.69, 9.17) is 14.9 Å². The molecule has 1 fully saturated rings. The Labute approximate surface area is 189 Å². The molecule has 0 amide bonds. The molecule has 31 heavy (non-hydrogen) atoms. The van der Waals surface area contributed by atoms with Crippen LogP contribution in [0.3, 0.4) is 0 Å². The Morgan fingerprint density at radius 3 is 2.42 bits per heavy atom. The lowest BCUT2D eigenvalue weighted by molar-refractivity contribution is -0.0683. The number of hydrogen-bond acceptors (Lipinski definition) is 7. The number of amidine groups is 1. The molecule has 0 aromatic heterocycles. The zero-order chi connectivity index (χ0) is 23.9. The van der Waals surface area contributed by atoms with Crippen LogP contribution in [0.1, 0.15) is 27.7 Å². The van der Waals surface area contributed by atoms with Crippen molar-refractivity contribution in [2.75, 3.05) is 26.1 Å². The van der Waals surface area contributed by atoms with Crippen LogP contribution < -0.4 is 5.73 Å². The van der Waals surface area contributed by atoms with Gasteiger partial charge in [0.15, 0.2) is 14.5 Å². The highest BCUT2D eigenvalue weighted by molar-refractivity contribution is 7.72. The maximum atomic E-state index is 10.8. The van der Waals surface area contributed by atoms with Gasteiger partial charge in [-0.3, -0.25) is 0 Å². The van der Waals surface area contributed by atoms with E-state index in [1.165, 1.54) is 0 Å². The van der Waals surface area contributed by atoms with Crippen molar-refractivity contribution in [1.82, 2.24) is 4.90 Å². The van der Waals surface area contributed by atoms with Crippen LogP contribution in [-0.2, 0) is 9.16 Å². The van der Waals surface area contributed by atoms with E-state index in [9.17, 15) is 10.2 Å². The van der Waals surface area contributed by atoms with Crippen molar-refractivity contribution >= 4 is 27.3 Å². The zero-order valence-corrected chi connectivity index (χ0v) is 22.3. The molecule has 0 radical (unpaired) electrons. The summed E-state index contributed by atoms with van der Waals surface area (Å²) < 4.78 is 12.5. The molecule has 4 N–H and O–H groups in total. The van der Waals surface area contributed by atoms with Gasteiger partial charge in [0.1, 0.15) is 23.9 Å². The third kappa shape index (κ3) is 6.12. The summed E-state index contributed by atoms with van der Waals surface area (Å²) in [4.78, 5) is 6.02. The molecular weight excluding hydrogens is 429 g/mol. The van der Waals surface area contributed by atoms with Gasteiger partial charge in [-0.05, 0) is 43.5 Å². The smallest absolute Gasteiger partial charge is 0.192 e. The van der Waals surface area contributed by atoms with Crippen LogP contribution in [0.5, 0.6) is 0 Å². The molecule has 0 spiro atoms. The minimum atomic E-state index is -1.98. The predicted molar refractivity (Wildman–Crippen MR) is 134 cm³/mol. The summed E-state index contributed by atoms with van der Waals surface area (Å²) in [6, 6.07) is 0. The highest BCUT2D eigenvalue weighted by atomic mass is 31.2. The second-order valence-electron chi connectivity index (χ2n) is 11.1. The molecule has 178 valence electrons. The Morgan fingerprint density at radius 2 is 1.90 bits per heavy atom. The van der Waals surface area contributed by atoms with Crippen LogP contribution >= 0.6 is 6.89 Å². The summed E-state index contributed by atoms with van der Waals surface area (Å²) in [7, 11) is -1.98. The maximum Gasteiger partial charge on any atom is 0.192 e. The van der Waals surface area contributed by atoms with Crippen molar-refractivity contribution in [2.24, 2.45) is 16.6 Å². The van der Waals surface area contributed by atoms with Gasteiger partial charge < -0.3 is 30.0 Å². The molecule has 9 heteroatoms. The zero-order valence-electron chi connectivity index (χ0n) is 20.4. The van der Waals surface area contributed by atoms with Gasteiger partial charge in [-0.15, -0.1) is 13.2 Å². The number of aliphatic imine (C=N–C) groups is 1. The van der Waals surface area contributed by atoms with Gasteiger partial charge in [0.2, 0.25) is 0 Å². The molecule has 0 bridgehead atoms. The first kappa shape index (κ1) is 26.4. The maximum absolute atomic E-state index is 10.8. The highest BCUT2D eigenvalue weighted by Crippen LogP contribution is 2.42. The molecule has 0 aliphatic carbocycles. The molecule has 2 aliphatic heterocycles. The fourth-order valence-corrected chi connectivity index (χ4v) is 6.37. The third-order valence-corrected chi connectivity index (χ3v) is 12.5. The number of aliphatic hydroxyl groups excluding tert-OH is 2. The van der Waals surface area contributed by atoms with Crippen molar-refractivity contribution in [3.05, 3.63) is 24.2 Å². The first-order valence-corrected chi connectivity index (χ1v) is 16.8. The van der Waals surface area contributed by atoms with Crippen molar-refractivity contribution in [3.63, 3.8) is 0 Å². The van der Waals surface area contributed by atoms with Gasteiger partial charge in [0.25, 0.3) is 0 Å². The molecule has 2 heterocycles. The van der Waals surface area contributed by atoms with Gasteiger partial charge in [-0.2, -0.15) is 0 Å². The Kier molecular flexibility index (Phi) is 7.79. The first-order valence-electron chi connectivity index (χ1n) is 10.8. The fourth-order valence-electron chi connectivity index (χ4n) is 3.65. The van der Waals surface area contributed by atoms with Crippen molar-refractivity contribution in [1.29, 1.82) is 0 Å². The molecule has 7 nitrogen and oxygen atoms in total. The quantitative estimate of drug-likeness (QED) is 0.390. The van der Waals surface area contributed by atoms with Gasteiger partial charge >= 0.3 is 0 Å². The summed E-state index contributed by atoms with van der Waals surface area (Å²) in [5.41, 5.74) is 6.86. The van der Waals surface area contributed by atoms with E-state index in [0.717, 1.165) is 6.16 Å². The Balaban J connectivity index is 2.21. The molecule has 5 atom stereocenters. The molecule has 2 aliphatic rings. The van der Waals surface area contributed by atoms with E-state index in [2.05, 4.69) is 65.1 Å². The van der Waals surface area contributed by atoms with Crippen LogP contribution in [0.4, 0.5) is 0 Å². The summed E-state index contributed by atoms with van der Waals surface area (Å²) in [6.45, 7) is 20.2. The first-order chi connectivity index (χ1) is 13.9. The van der Waals surface area contributed by atoms with Gasteiger partial charge in [0.05, 0.1) is 12.7 Å². The number of rotatable bonds is 7. The van der Waals surface area contributed by atoms with E-state index >= 15 is 0 Å². The van der Waals surface area contributed by atoms with Crippen LogP contribution in [-0.4, -0.2) is 86.2 Å². The van der Waals surface area contributed by atoms with Gasteiger partial charge in [-0.1, -0.05) is 34.3 Å². The average molecular weight is 472 g/mol. The number of hydrogen-bond donors (Lipinski definition) is 3. The van der Waals surface area contributed by atoms with E-state index in [0.29, 0.717) is 23.8 Å². The Morgan fingerprint density at radius 1 is 1.32 bits per heavy atom. The van der Waals surface area contributed by atoms with Crippen LogP contribution in [0.25, 0.3) is 0 Å². The number of nitrogens with two attached hydrogens (primary N) is 1. The summed E-state index contributed by atoms with van der Waals surface area (Å²) >= 11 is 0. The van der Waals surface area contributed by atoms with E-state index in [-0.39, 0.29) is 11.0 Å². The number of aliphatic hydroxyl groups is 2. The van der Waals surface area contributed by atoms with Gasteiger partial charge in [-0.25, -0.2) is 4.99 Å². The summed E-state index contributed by atoms with van der Waals surface area (Å²) in [6.07, 6.45) is 3.53. The summed E-state index contributed by atoms with van der Waals surface area (Å²) in [5.74, 6) is 0.775. The highest BCUT2D eigenvalue weighted by Gasteiger charge is 2.48. The molecule has 0 saturated carbocycles. The second-order valence-corrected chi connectivity index (χ2v) is 20.1. The van der Waals surface area contributed by atoms with Crippen LogP contribution in [0.2, 0.25) is 18.1 Å². The van der Waals surface area contributed by atoms with E-state index in [1.54, 1.807) is 11.1 Å². The molecule has 1 unspecified atom stereocenters. The standard InChI is InChI=1S/C22H42N3O4PSi/c1-14(13-30(6,7)8)19-17(26)18(27)21(29-19)25-11-16(20(23)24-15(25)2)12-28-31(9,10)22(3,4)5/h11,14,17-19,21,26-27H,2,6,12-13H2,1,3-5,7-10H3,(H2,23,24)/t14?,17-,18+,19+,21+/m0/s1. The van der Waals surface area contributed by atoms with E-state index in [1.807, 2.05) is 6.92 Å². The fraction of sp³-hybridized carbons (Fsp3) is 0.727. The Bertz CT molecular complexity index is 799. The Hall–Kier alpha value is -0.893. The third-order valence-electron chi connectivity index (χ3n) is 6.46. The largest absolute Gasteiger partial charge is 0.412 e. The van der Waals surface area contributed by atoms with Crippen molar-refractivity contribution in [2.45, 2.75) is 70.4 Å². The lowest BCUT2D eigenvalue weighted by atomic mass is 10.00. The minimum absolute atomic E-state index is 0.0625. The lowest BCUT2D eigenvalue weighted by Crippen LogP contribution is -2.44. The second kappa shape index (κ2) is 9.16. The lowest BCUT2D eigenvalue weighted by Gasteiger charge is -2.37. The SMILES string of the molecule is C=C1N=C(N)C(CO[Si](C)(C)C(C)(C)C)=CN1[C@@H]1O[C@H](C(C)CP(=C)(C)C)[C@@H](O)[C@H]1O. The minimum Gasteiger partial charge on any atom is -0.412 e. The van der Waals surface area contributed by atoms with Crippen molar-refractivity contribution < 1.29 is 19.4 Å². The van der Waals surface area contributed by atoms with Crippen LogP contribution in [0.15, 0.2) is 29.2 Å². The molecule has 0 aromatic carbocycles. The molecule has 1 saturated heterocycles. The molecule has 2 rings (SSSR count). The van der Waals surface area contributed by atoms with Crippen LogP contribution in [0, 0.1) is 5.92 Å². The normalized spacial score (nSPS) is 29.1. The summed E-state index contributed by atoms with van der Waals surface area (Å²) in [5, 5.41) is 21.5. The monoisotopic (exact) mass is 471 g/mol.